The molecule has 108 valence electrons. The SMILES string of the molecule is CCCNCc1nc(N(C)Cc2ccco2)ccc1Cl. The Kier molecular flexibility index (Phi) is 5.44. The molecule has 1 N–H and O–H groups in total. The third kappa shape index (κ3) is 3.99. The number of furan rings is 1. The number of rotatable bonds is 7. The lowest BCUT2D eigenvalue weighted by Gasteiger charge is -2.18. The molecular weight excluding hydrogens is 274 g/mol. The number of nitrogens with zero attached hydrogens (tertiary/aromatic N) is 2. The van der Waals surface area contributed by atoms with Crippen molar-refractivity contribution < 1.29 is 4.42 Å². The van der Waals surface area contributed by atoms with E-state index in [0.29, 0.717) is 18.1 Å². The van der Waals surface area contributed by atoms with E-state index in [1.54, 1.807) is 6.26 Å². The van der Waals surface area contributed by atoms with Crippen molar-refractivity contribution in [1.29, 1.82) is 0 Å². The second kappa shape index (κ2) is 7.31. The molecule has 0 amide bonds. The Morgan fingerprint density at radius 1 is 1.35 bits per heavy atom. The van der Waals surface area contributed by atoms with Crippen LogP contribution in [-0.4, -0.2) is 18.6 Å². The number of hydrogen-bond acceptors (Lipinski definition) is 4. The summed E-state index contributed by atoms with van der Waals surface area (Å²) in [7, 11) is 1.99. The Morgan fingerprint density at radius 3 is 2.90 bits per heavy atom. The summed E-state index contributed by atoms with van der Waals surface area (Å²) < 4.78 is 5.35. The molecule has 0 fully saturated rings. The Balaban J connectivity index is 2.05. The maximum Gasteiger partial charge on any atom is 0.129 e. The topological polar surface area (TPSA) is 41.3 Å². The highest BCUT2D eigenvalue weighted by Gasteiger charge is 2.09. The average Bonchev–Trinajstić information content (AvgIpc) is 2.94. The normalized spacial score (nSPS) is 10.8. The van der Waals surface area contributed by atoms with Gasteiger partial charge in [-0.25, -0.2) is 4.98 Å². The van der Waals surface area contributed by atoms with Gasteiger partial charge in [-0.05, 0) is 37.2 Å². The van der Waals surface area contributed by atoms with Crippen molar-refractivity contribution in [2.24, 2.45) is 0 Å². The molecule has 2 heterocycles. The largest absolute Gasteiger partial charge is 0.467 e. The van der Waals surface area contributed by atoms with Crippen molar-refractivity contribution in [3.63, 3.8) is 0 Å². The van der Waals surface area contributed by atoms with E-state index < -0.39 is 0 Å². The van der Waals surface area contributed by atoms with E-state index >= 15 is 0 Å². The fraction of sp³-hybridized carbons (Fsp3) is 0.400. The van der Waals surface area contributed by atoms with Crippen LogP contribution in [0.4, 0.5) is 5.82 Å². The fourth-order valence-electron chi connectivity index (χ4n) is 1.91. The fourth-order valence-corrected chi connectivity index (χ4v) is 2.08. The van der Waals surface area contributed by atoms with Gasteiger partial charge in [0.25, 0.3) is 0 Å². The van der Waals surface area contributed by atoms with Gasteiger partial charge < -0.3 is 14.6 Å². The molecule has 0 atom stereocenters. The van der Waals surface area contributed by atoms with Gasteiger partial charge in [0.1, 0.15) is 11.6 Å². The van der Waals surface area contributed by atoms with Crippen molar-refractivity contribution >= 4 is 17.4 Å². The van der Waals surface area contributed by atoms with Gasteiger partial charge in [-0.15, -0.1) is 0 Å². The first-order chi connectivity index (χ1) is 9.70. The molecule has 0 spiro atoms. The molecule has 20 heavy (non-hydrogen) atoms. The summed E-state index contributed by atoms with van der Waals surface area (Å²) in [5, 5.41) is 4.02. The average molecular weight is 294 g/mol. The van der Waals surface area contributed by atoms with E-state index in [2.05, 4.69) is 17.2 Å². The van der Waals surface area contributed by atoms with Crippen molar-refractivity contribution in [3.05, 3.63) is 47.0 Å². The van der Waals surface area contributed by atoms with Gasteiger partial charge in [-0.2, -0.15) is 0 Å². The molecule has 0 unspecified atom stereocenters. The Morgan fingerprint density at radius 2 is 2.20 bits per heavy atom. The number of nitrogens with one attached hydrogen (secondary N) is 1. The maximum absolute atomic E-state index is 6.18. The predicted molar refractivity (Wildman–Crippen MR) is 82.1 cm³/mol. The summed E-state index contributed by atoms with van der Waals surface area (Å²) in [4.78, 5) is 6.65. The number of anilines is 1. The third-order valence-corrected chi connectivity index (χ3v) is 3.33. The molecule has 0 aromatic carbocycles. The van der Waals surface area contributed by atoms with Crippen LogP contribution in [-0.2, 0) is 13.1 Å². The zero-order valence-corrected chi connectivity index (χ0v) is 12.7. The monoisotopic (exact) mass is 293 g/mol. The van der Waals surface area contributed by atoms with Crippen LogP contribution in [0.1, 0.15) is 24.8 Å². The van der Waals surface area contributed by atoms with Gasteiger partial charge >= 0.3 is 0 Å². The number of aromatic nitrogens is 1. The summed E-state index contributed by atoms with van der Waals surface area (Å²) in [6.07, 6.45) is 2.77. The van der Waals surface area contributed by atoms with Crippen molar-refractivity contribution in [3.8, 4) is 0 Å². The van der Waals surface area contributed by atoms with Gasteiger partial charge in [0, 0.05) is 13.6 Å². The molecule has 2 aromatic rings. The van der Waals surface area contributed by atoms with Crippen LogP contribution < -0.4 is 10.2 Å². The van der Waals surface area contributed by atoms with Crippen LogP contribution in [0.3, 0.4) is 0 Å². The highest BCUT2D eigenvalue weighted by Crippen LogP contribution is 2.20. The molecule has 0 bridgehead atoms. The van der Waals surface area contributed by atoms with E-state index in [1.165, 1.54) is 0 Å². The standard InChI is InChI=1S/C15H20ClN3O/c1-3-8-17-10-14-13(16)6-7-15(18-14)19(2)11-12-5-4-9-20-12/h4-7,9,17H,3,8,10-11H2,1-2H3. The van der Waals surface area contributed by atoms with Crippen LogP contribution in [0.25, 0.3) is 0 Å². The summed E-state index contributed by atoms with van der Waals surface area (Å²) >= 11 is 6.18. The van der Waals surface area contributed by atoms with Crippen LogP contribution in [0.2, 0.25) is 5.02 Å². The molecule has 0 aliphatic carbocycles. The van der Waals surface area contributed by atoms with Crippen molar-refractivity contribution in [2.75, 3.05) is 18.5 Å². The molecule has 0 saturated heterocycles. The lowest BCUT2D eigenvalue weighted by atomic mass is 10.3. The van der Waals surface area contributed by atoms with Gasteiger partial charge in [-0.3, -0.25) is 0 Å². The molecule has 4 nitrogen and oxygen atoms in total. The third-order valence-electron chi connectivity index (χ3n) is 2.99. The minimum absolute atomic E-state index is 0.684. The first kappa shape index (κ1) is 14.9. The molecule has 5 heteroatoms. The first-order valence-corrected chi connectivity index (χ1v) is 7.18. The van der Waals surface area contributed by atoms with Crippen LogP contribution in [0.15, 0.2) is 34.9 Å². The lowest BCUT2D eigenvalue weighted by Crippen LogP contribution is -2.20. The van der Waals surface area contributed by atoms with E-state index in [0.717, 1.165) is 30.2 Å². The molecule has 2 rings (SSSR count). The van der Waals surface area contributed by atoms with Gasteiger partial charge in [0.15, 0.2) is 0 Å². The summed E-state index contributed by atoms with van der Waals surface area (Å²) in [5.74, 6) is 1.80. The summed E-state index contributed by atoms with van der Waals surface area (Å²) in [6.45, 7) is 4.47. The van der Waals surface area contributed by atoms with E-state index in [4.69, 9.17) is 16.0 Å². The minimum Gasteiger partial charge on any atom is -0.467 e. The molecule has 0 saturated carbocycles. The molecule has 2 aromatic heterocycles. The zero-order chi connectivity index (χ0) is 14.4. The molecular formula is C15H20ClN3O. The molecule has 0 radical (unpaired) electrons. The quantitative estimate of drug-likeness (QED) is 0.794. The maximum atomic E-state index is 6.18. The first-order valence-electron chi connectivity index (χ1n) is 6.80. The Hall–Kier alpha value is -1.52. The second-order valence-corrected chi connectivity index (χ2v) is 5.12. The lowest BCUT2D eigenvalue weighted by molar-refractivity contribution is 0.507. The van der Waals surface area contributed by atoms with Gasteiger partial charge in [0.2, 0.25) is 0 Å². The summed E-state index contributed by atoms with van der Waals surface area (Å²) in [5.41, 5.74) is 0.879. The second-order valence-electron chi connectivity index (χ2n) is 4.71. The molecule has 0 aliphatic rings. The zero-order valence-electron chi connectivity index (χ0n) is 11.9. The number of hydrogen-bond donors (Lipinski definition) is 1. The van der Waals surface area contributed by atoms with Crippen molar-refractivity contribution in [2.45, 2.75) is 26.4 Å². The number of halogens is 1. The van der Waals surface area contributed by atoms with Crippen LogP contribution in [0, 0.1) is 0 Å². The summed E-state index contributed by atoms with van der Waals surface area (Å²) in [6, 6.07) is 7.66. The van der Waals surface area contributed by atoms with E-state index in [1.807, 2.05) is 36.2 Å². The number of pyridine rings is 1. The van der Waals surface area contributed by atoms with Gasteiger partial charge in [-0.1, -0.05) is 18.5 Å². The van der Waals surface area contributed by atoms with Crippen LogP contribution in [0.5, 0.6) is 0 Å². The highest BCUT2D eigenvalue weighted by atomic mass is 35.5. The molecule has 0 aliphatic heterocycles. The van der Waals surface area contributed by atoms with Gasteiger partial charge in [0.05, 0.1) is 23.5 Å². The smallest absolute Gasteiger partial charge is 0.129 e. The Labute approximate surface area is 124 Å². The highest BCUT2D eigenvalue weighted by molar-refractivity contribution is 6.31. The van der Waals surface area contributed by atoms with Crippen molar-refractivity contribution in [1.82, 2.24) is 10.3 Å². The predicted octanol–water partition coefficient (Wildman–Crippen LogP) is 3.46. The Bertz CT molecular complexity index is 528. The minimum atomic E-state index is 0.684. The van der Waals surface area contributed by atoms with E-state index in [-0.39, 0.29) is 0 Å². The van der Waals surface area contributed by atoms with Crippen LogP contribution >= 0.6 is 11.6 Å². The van der Waals surface area contributed by atoms with E-state index in [9.17, 15) is 0 Å².